The minimum Gasteiger partial charge on any atom is -0.348 e. The number of rotatable bonds is 4. The summed E-state index contributed by atoms with van der Waals surface area (Å²) in [5.74, 6) is -1.54. The minimum absolute atomic E-state index is 0.0274. The topological polar surface area (TPSA) is 90.1 Å². The summed E-state index contributed by atoms with van der Waals surface area (Å²) < 4.78 is 15.1. The van der Waals surface area contributed by atoms with E-state index in [4.69, 9.17) is 0 Å². The molecular formula is C13H13FN4O3. The first-order chi connectivity index (χ1) is 9.90. The maximum Gasteiger partial charge on any atom is 0.304 e. The van der Waals surface area contributed by atoms with Crippen LogP contribution in [0, 0.1) is 22.9 Å². The monoisotopic (exact) mass is 292 g/mol. The van der Waals surface area contributed by atoms with Crippen LogP contribution in [-0.4, -0.2) is 20.6 Å². The first kappa shape index (κ1) is 14.6. The Morgan fingerprint density at radius 1 is 1.52 bits per heavy atom. The molecule has 0 bridgehead atoms. The molecule has 0 fully saturated rings. The van der Waals surface area contributed by atoms with E-state index in [1.165, 1.54) is 6.07 Å². The number of nitro benzene ring substituents is 1. The van der Waals surface area contributed by atoms with Gasteiger partial charge in [-0.2, -0.15) is 9.49 Å². The van der Waals surface area contributed by atoms with E-state index in [0.29, 0.717) is 0 Å². The van der Waals surface area contributed by atoms with Crippen molar-refractivity contribution in [1.29, 1.82) is 0 Å². The highest BCUT2D eigenvalue weighted by atomic mass is 19.1. The molecule has 1 aromatic heterocycles. The molecule has 1 N–H and O–H groups in total. The van der Waals surface area contributed by atoms with Crippen molar-refractivity contribution in [2.45, 2.75) is 13.5 Å². The number of amides is 1. The summed E-state index contributed by atoms with van der Waals surface area (Å²) in [6.07, 6.45) is 1.63. The van der Waals surface area contributed by atoms with Crippen LogP contribution in [-0.2, 0) is 13.6 Å². The highest BCUT2D eigenvalue weighted by Gasteiger charge is 2.16. The highest BCUT2D eigenvalue weighted by molar-refractivity contribution is 5.94. The van der Waals surface area contributed by atoms with Gasteiger partial charge < -0.3 is 5.32 Å². The lowest BCUT2D eigenvalue weighted by Gasteiger charge is -2.05. The minimum atomic E-state index is -1.04. The zero-order valence-corrected chi connectivity index (χ0v) is 11.5. The Balaban J connectivity index is 2.09. The van der Waals surface area contributed by atoms with Crippen LogP contribution in [0.2, 0.25) is 0 Å². The Morgan fingerprint density at radius 2 is 2.24 bits per heavy atom. The summed E-state index contributed by atoms with van der Waals surface area (Å²) in [7, 11) is 1.78. The Bertz CT molecular complexity index is 711. The Kier molecular flexibility index (Phi) is 3.97. The van der Waals surface area contributed by atoms with Gasteiger partial charge in [0.2, 0.25) is 5.82 Å². The molecule has 0 spiro atoms. The lowest BCUT2D eigenvalue weighted by molar-refractivity contribution is -0.387. The molecule has 7 nitrogen and oxygen atoms in total. The third-order valence-electron chi connectivity index (χ3n) is 3.18. The van der Waals surface area contributed by atoms with E-state index < -0.39 is 22.3 Å². The van der Waals surface area contributed by atoms with E-state index in [9.17, 15) is 19.3 Å². The van der Waals surface area contributed by atoms with Gasteiger partial charge in [-0.1, -0.05) is 0 Å². The Labute approximate surface area is 119 Å². The van der Waals surface area contributed by atoms with Crippen LogP contribution in [0.25, 0.3) is 0 Å². The average molecular weight is 292 g/mol. The number of carbonyl (C=O) groups excluding carboxylic acids is 1. The van der Waals surface area contributed by atoms with E-state index in [2.05, 4.69) is 10.4 Å². The molecular weight excluding hydrogens is 279 g/mol. The summed E-state index contributed by atoms with van der Waals surface area (Å²) >= 11 is 0. The van der Waals surface area contributed by atoms with E-state index in [-0.39, 0.29) is 12.1 Å². The Morgan fingerprint density at radius 3 is 2.76 bits per heavy atom. The molecule has 0 aliphatic carbocycles. The predicted molar refractivity (Wildman–Crippen MR) is 72.2 cm³/mol. The fraction of sp³-hybridized carbons (Fsp3) is 0.231. The van der Waals surface area contributed by atoms with Gasteiger partial charge in [0.15, 0.2) is 0 Å². The second kappa shape index (κ2) is 5.70. The first-order valence-electron chi connectivity index (χ1n) is 6.09. The molecule has 2 aromatic rings. The summed E-state index contributed by atoms with van der Waals surface area (Å²) in [6, 6.07) is 3.04. The molecule has 0 radical (unpaired) electrons. The number of hydrogen-bond acceptors (Lipinski definition) is 4. The highest BCUT2D eigenvalue weighted by Crippen LogP contribution is 2.18. The van der Waals surface area contributed by atoms with Crippen molar-refractivity contribution in [3.63, 3.8) is 0 Å². The van der Waals surface area contributed by atoms with E-state index in [0.717, 1.165) is 23.4 Å². The predicted octanol–water partition coefficient (Wildman–Crippen LogP) is 1.71. The van der Waals surface area contributed by atoms with Gasteiger partial charge >= 0.3 is 5.69 Å². The lowest BCUT2D eigenvalue weighted by Crippen LogP contribution is -2.23. The van der Waals surface area contributed by atoms with Gasteiger partial charge in [0.05, 0.1) is 11.1 Å². The largest absolute Gasteiger partial charge is 0.348 e. The zero-order valence-electron chi connectivity index (χ0n) is 11.5. The quantitative estimate of drug-likeness (QED) is 0.686. The van der Waals surface area contributed by atoms with Gasteiger partial charge in [-0.3, -0.25) is 19.6 Å². The number of aromatic nitrogens is 2. The van der Waals surface area contributed by atoms with Crippen LogP contribution in [0.3, 0.4) is 0 Å². The number of benzene rings is 1. The molecule has 0 saturated heterocycles. The van der Waals surface area contributed by atoms with Crippen molar-refractivity contribution >= 4 is 11.6 Å². The summed E-state index contributed by atoms with van der Waals surface area (Å²) in [4.78, 5) is 21.6. The normalized spacial score (nSPS) is 10.4. The number of carbonyl (C=O) groups is 1. The molecule has 2 rings (SSSR count). The number of nitro groups is 1. The lowest BCUT2D eigenvalue weighted by atomic mass is 10.1. The van der Waals surface area contributed by atoms with Crippen LogP contribution in [0.5, 0.6) is 0 Å². The van der Waals surface area contributed by atoms with Crippen LogP contribution in [0.15, 0.2) is 24.4 Å². The molecule has 0 unspecified atom stereocenters. The van der Waals surface area contributed by atoms with E-state index in [1.807, 2.05) is 6.92 Å². The summed E-state index contributed by atoms with van der Waals surface area (Å²) in [5.41, 5.74) is 1.12. The second-order valence-electron chi connectivity index (χ2n) is 4.48. The molecule has 0 aliphatic rings. The van der Waals surface area contributed by atoms with Crippen molar-refractivity contribution < 1.29 is 14.1 Å². The SMILES string of the molecule is Cc1c(CNC(=O)c2ccc([N+](=O)[O-])c(F)c2)cnn1C. The van der Waals surface area contributed by atoms with Gasteiger partial charge in [-0.15, -0.1) is 0 Å². The van der Waals surface area contributed by atoms with Crippen molar-refractivity contribution in [3.05, 3.63) is 57.1 Å². The number of aryl methyl sites for hydroxylation is 1. The van der Waals surface area contributed by atoms with Crippen molar-refractivity contribution in [3.8, 4) is 0 Å². The van der Waals surface area contributed by atoms with Gasteiger partial charge in [-0.05, 0) is 19.1 Å². The summed E-state index contributed by atoms with van der Waals surface area (Å²) in [5, 5.41) is 17.2. The van der Waals surface area contributed by atoms with Crippen molar-refractivity contribution in [2.75, 3.05) is 0 Å². The smallest absolute Gasteiger partial charge is 0.304 e. The number of nitrogens with one attached hydrogen (secondary N) is 1. The molecule has 1 heterocycles. The number of halogens is 1. The zero-order chi connectivity index (χ0) is 15.6. The van der Waals surface area contributed by atoms with Crippen LogP contribution < -0.4 is 5.32 Å². The number of nitrogens with zero attached hydrogens (tertiary/aromatic N) is 3. The van der Waals surface area contributed by atoms with Gasteiger partial charge in [0.1, 0.15) is 0 Å². The molecule has 1 amide bonds. The molecule has 0 aliphatic heterocycles. The second-order valence-corrected chi connectivity index (χ2v) is 4.48. The Hall–Kier alpha value is -2.77. The van der Waals surface area contributed by atoms with Crippen LogP contribution >= 0.6 is 0 Å². The fourth-order valence-electron chi connectivity index (χ4n) is 1.79. The van der Waals surface area contributed by atoms with E-state index in [1.54, 1.807) is 17.9 Å². The van der Waals surface area contributed by atoms with E-state index >= 15 is 0 Å². The van der Waals surface area contributed by atoms with Gasteiger partial charge in [0.25, 0.3) is 5.91 Å². The third kappa shape index (κ3) is 3.04. The van der Waals surface area contributed by atoms with Crippen molar-refractivity contribution in [2.24, 2.45) is 7.05 Å². The van der Waals surface area contributed by atoms with Gasteiger partial charge in [-0.25, -0.2) is 0 Å². The average Bonchev–Trinajstić information content (AvgIpc) is 2.75. The fourth-order valence-corrected chi connectivity index (χ4v) is 1.79. The van der Waals surface area contributed by atoms with Crippen LogP contribution in [0.1, 0.15) is 21.6 Å². The molecule has 8 heteroatoms. The summed E-state index contributed by atoms with van der Waals surface area (Å²) in [6.45, 7) is 2.11. The standard InChI is InChI=1S/C13H13FN4O3/c1-8-10(7-16-17(8)2)6-15-13(19)9-3-4-12(18(20)21)11(14)5-9/h3-5,7H,6H2,1-2H3,(H,15,19). The maximum atomic E-state index is 13.5. The third-order valence-corrected chi connectivity index (χ3v) is 3.18. The molecule has 0 saturated carbocycles. The van der Waals surface area contributed by atoms with Gasteiger partial charge in [0, 0.05) is 36.5 Å². The molecule has 110 valence electrons. The van der Waals surface area contributed by atoms with Crippen LogP contribution in [0.4, 0.5) is 10.1 Å². The molecule has 1 aromatic carbocycles. The number of hydrogen-bond donors (Lipinski definition) is 1. The maximum absolute atomic E-state index is 13.5. The molecule has 0 atom stereocenters. The van der Waals surface area contributed by atoms with Crippen molar-refractivity contribution in [1.82, 2.24) is 15.1 Å². The first-order valence-corrected chi connectivity index (χ1v) is 6.09. The molecule has 21 heavy (non-hydrogen) atoms.